The van der Waals surface area contributed by atoms with Crippen molar-refractivity contribution in [1.29, 1.82) is 0 Å². The molecule has 0 aliphatic heterocycles. The van der Waals surface area contributed by atoms with Gasteiger partial charge in [-0.3, -0.25) is 4.79 Å². The number of nitrogens with one attached hydrogen (secondary N) is 1. The third-order valence-corrected chi connectivity index (χ3v) is 5.45. The lowest BCUT2D eigenvalue weighted by atomic mass is 10.2. The number of esters is 1. The number of carbonyl (C=O) groups excluding carboxylic acids is 1. The molecule has 1 N–H and O–H groups in total. The number of benzene rings is 2. The molecule has 0 spiro atoms. The van der Waals surface area contributed by atoms with Crippen LogP contribution in [0.4, 0.5) is 5.69 Å². The van der Waals surface area contributed by atoms with Crippen LogP contribution in [0, 0.1) is 0 Å². The van der Waals surface area contributed by atoms with Crippen LogP contribution in [0.2, 0.25) is 0 Å². The number of ether oxygens (including phenoxy) is 2. The maximum absolute atomic E-state index is 12.4. The Labute approximate surface area is 154 Å². The Hall–Kier alpha value is -2.54. The van der Waals surface area contributed by atoms with Crippen molar-refractivity contribution in [1.82, 2.24) is 0 Å². The minimum absolute atomic E-state index is 0.0307. The SMILES string of the molecule is COC(=O)CNc1cc(CS(=O)(=O)CCc2ccccc2)ccc1OC. The van der Waals surface area contributed by atoms with Crippen molar-refractivity contribution in [3.8, 4) is 5.75 Å². The lowest BCUT2D eigenvalue weighted by Crippen LogP contribution is -2.16. The number of methoxy groups -OCH3 is 2. The molecule has 0 aromatic heterocycles. The van der Waals surface area contributed by atoms with Gasteiger partial charge in [0.15, 0.2) is 9.84 Å². The van der Waals surface area contributed by atoms with Crippen molar-refractivity contribution < 1.29 is 22.7 Å². The van der Waals surface area contributed by atoms with Crippen molar-refractivity contribution in [3.05, 3.63) is 59.7 Å². The summed E-state index contributed by atoms with van der Waals surface area (Å²) >= 11 is 0. The van der Waals surface area contributed by atoms with Crippen LogP contribution in [0.1, 0.15) is 11.1 Å². The molecule has 26 heavy (non-hydrogen) atoms. The van der Waals surface area contributed by atoms with Gasteiger partial charge in [0.1, 0.15) is 12.3 Å². The monoisotopic (exact) mass is 377 g/mol. The summed E-state index contributed by atoms with van der Waals surface area (Å²) in [7, 11) is -0.454. The fourth-order valence-electron chi connectivity index (χ4n) is 2.47. The molecule has 2 aromatic carbocycles. The summed E-state index contributed by atoms with van der Waals surface area (Å²) < 4.78 is 34.7. The highest BCUT2D eigenvalue weighted by atomic mass is 32.2. The highest BCUT2D eigenvalue weighted by molar-refractivity contribution is 7.90. The van der Waals surface area contributed by atoms with Crippen LogP contribution >= 0.6 is 0 Å². The lowest BCUT2D eigenvalue weighted by molar-refractivity contribution is -0.138. The first-order chi connectivity index (χ1) is 12.4. The van der Waals surface area contributed by atoms with Gasteiger partial charge < -0.3 is 14.8 Å². The molecule has 0 aliphatic carbocycles. The number of hydrogen-bond acceptors (Lipinski definition) is 6. The number of sulfone groups is 1. The predicted octanol–water partition coefficient (Wildman–Crippen LogP) is 2.44. The molecule has 0 aliphatic rings. The lowest BCUT2D eigenvalue weighted by Gasteiger charge is -2.12. The second-order valence-electron chi connectivity index (χ2n) is 5.79. The van der Waals surface area contributed by atoms with E-state index in [-0.39, 0.29) is 18.1 Å². The van der Waals surface area contributed by atoms with Crippen molar-refractivity contribution >= 4 is 21.5 Å². The van der Waals surface area contributed by atoms with Crippen LogP contribution in [-0.4, -0.2) is 40.9 Å². The molecule has 140 valence electrons. The molecule has 2 aromatic rings. The number of aryl methyl sites for hydroxylation is 1. The van der Waals surface area contributed by atoms with Crippen LogP contribution in [-0.2, 0) is 31.5 Å². The summed E-state index contributed by atoms with van der Waals surface area (Å²) in [6, 6.07) is 14.6. The molecule has 0 saturated heterocycles. The molecule has 0 heterocycles. The van der Waals surface area contributed by atoms with E-state index in [1.807, 2.05) is 30.3 Å². The Kier molecular flexibility index (Phi) is 7.03. The van der Waals surface area contributed by atoms with E-state index in [0.717, 1.165) is 5.56 Å². The van der Waals surface area contributed by atoms with Gasteiger partial charge in [0, 0.05) is 0 Å². The standard InChI is InChI=1S/C19H23NO5S/c1-24-18-9-8-16(12-17(18)20-13-19(21)25-2)14-26(22,23)11-10-15-6-4-3-5-7-15/h3-9,12,20H,10-11,13-14H2,1-2H3. The summed E-state index contributed by atoms with van der Waals surface area (Å²) in [5.41, 5.74) is 2.17. The van der Waals surface area contributed by atoms with E-state index in [1.165, 1.54) is 14.2 Å². The highest BCUT2D eigenvalue weighted by Crippen LogP contribution is 2.26. The Bertz CT molecular complexity index is 834. The summed E-state index contributed by atoms with van der Waals surface area (Å²) in [6.45, 7) is -0.0307. The highest BCUT2D eigenvalue weighted by Gasteiger charge is 2.14. The summed E-state index contributed by atoms with van der Waals surface area (Å²) in [5, 5.41) is 2.90. The zero-order valence-electron chi connectivity index (χ0n) is 14.9. The molecule has 7 heteroatoms. The van der Waals surface area contributed by atoms with Crippen LogP contribution in [0.3, 0.4) is 0 Å². The molecule has 0 fully saturated rings. The van der Waals surface area contributed by atoms with Crippen molar-refractivity contribution in [3.63, 3.8) is 0 Å². The number of carbonyl (C=O) groups is 1. The van der Waals surface area contributed by atoms with Gasteiger partial charge in [0.05, 0.1) is 31.4 Å². The smallest absolute Gasteiger partial charge is 0.325 e. The van der Waals surface area contributed by atoms with E-state index in [4.69, 9.17) is 4.74 Å². The fourth-order valence-corrected chi connectivity index (χ4v) is 3.85. The fraction of sp³-hybridized carbons (Fsp3) is 0.316. The van der Waals surface area contributed by atoms with E-state index in [2.05, 4.69) is 10.1 Å². The van der Waals surface area contributed by atoms with Crippen molar-refractivity contribution in [2.75, 3.05) is 31.8 Å². The van der Waals surface area contributed by atoms with Gasteiger partial charge in [0.2, 0.25) is 0 Å². The first kappa shape index (κ1) is 19.8. The molecule has 0 radical (unpaired) electrons. The van der Waals surface area contributed by atoms with Crippen molar-refractivity contribution in [2.45, 2.75) is 12.2 Å². The average molecular weight is 377 g/mol. The van der Waals surface area contributed by atoms with Gasteiger partial charge in [-0.05, 0) is 29.7 Å². The van der Waals surface area contributed by atoms with E-state index >= 15 is 0 Å². The number of hydrogen-bond donors (Lipinski definition) is 1. The van der Waals surface area contributed by atoms with Crippen LogP contribution in [0.25, 0.3) is 0 Å². The largest absolute Gasteiger partial charge is 0.495 e. The molecular weight excluding hydrogens is 354 g/mol. The van der Waals surface area contributed by atoms with E-state index < -0.39 is 15.8 Å². The average Bonchev–Trinajstić information content (AvgIpc) is 2.65. The van der Waals surface area contributed by atoms with Gasteiger partial charge in [-0.25, -0.2) is 8.42 Å². The maximum atomic E-state index is 12.4. The number of rotatable bonds is 9. The van der Waals surface area contributed by atoms with E-state index in [1.54, 1.807) is 18.2 Å². The summed E-state index contributed by atoms with van der Waals surface area (Å²) in [4.78, 5) is 11.3. The Morgan fingerprint density at radius 1 is 1.04 bits per heavy atom. The topological polar surface area (TPSA) is 81.7 Å². The van der Waals surface area contributed by atoms with E-state index in [9.17, 15) is 13.2 Å². The normalized spacial score (nSPS) is 11.0. The minimum Gasteiger partial charge on any atom is -0.495 e. The summed E-state index contributed by atoms with van der Waals surface area (Å²) in [5.74, 6) is 0.109. The predicted molar refractivity (Wildman–Crippen MR) is 101 cm³/mol. The Balaban J connectivity index is 2.06. The summed E-state index contributed by atoms with van der Waals surface area (Å²) in [6.07, 6.45) is 0.479. The zero-order valence-corrected chi connectivity index (χ0v) is 15.7. The number of anilines is 1. The van der Waals surface area contributed by atoms with Crippen LogP contribution < -0.4 is 10.1 Å². The van der Waals surface area contributed by atoms with E-state index in [0.29, 0.717) is 23.4 Å². The first-order valence-corrected chi connectivity index (χ1v) is 9.97. The zero-order chi connectivity index (χ0) is 19.0. The minimum atomic E-state index is -3.27. The first-order valence-electron chi connectivity index (χ1n) is 8.15. The van der Waals surface area contributed by atoms with Gasteiger partial charge >= 0.3 is 5.97 Å². The van der Waals surface area contributed by atoms with Gasteiger partial charge in [-0.15, -0.1) is 0 Å². The molecular formula is C19H23NO5S. The van der Waals surface area contributed by atoms with Gasteiger partial charge in [-0.2, -0.15) is 0 Å². The Morgan fingerprint density at radius 3 is 2.42 bits per heavy atom. The molecule has 6 nitrogen and oxygen atoms in total. The quantitative estimate of drug-likeness (QED) is 0.676. The Morgan fingerprint density at radius 2 is 1.77 bits per heavy atom. The maximum Gasteiger partial charge on any atom is 0.325 e. The van der Waals surface area contributed by atoms with Crippen LogP contribution in [0.15, 0.2) is 48.5 Å². The van der Waals surface area contributed by atoms with Crippen LogP contribution in [0.5, 0.6) is 5.75 Å². The van der Waals surface area contributed by atoms with Gasteiger partial charge in [-0.1, -0.05) is 36.4 Å². The molecule has 0 saturated carbocycles. The molecule has 0 bridgehead atoms. The van der Waals surface area contributed by atoms with Gasteiger partial charge in [0.25, 0.3) is 0 Å². The molecule has 0 atom stereocenters. The second-order valence-corrected chi connectivity index (χ2v) is 7.98. The third kappa shape index (κ3) is 6.07. The molecule has 0 amide bonds. The second kappa shape index (κ2) is 9.24. The molecule has 0 unspecified atom stereocenters. The van der Waals surface area contributed by atoms with Crippen molar-refractivity contribution in [2.24, 2.45) is 0 Å². The third-order valence-electron chi connectivity index (χ3n) is 3.85. The molecule has 2 rings (SSSR count).